The van der Waals surface area contributed by atoms with E-state index in [0.717, 1.165) is 32.0 Å². The van der Waals surface area contributed by atoms with Crippen molar-refractivity contribution in [2.75, 3.05) is 27.2 Å². The predicted molar refractivity (Wildman–Crippen MR) is 80.7 cm³/mol. The molecule has 3 heterocycles. The van der Waals surface area contributed by atoms with Crippen LogP contribution in [0.15, 0.2) is 17.9 Å². The van der Waals surface area contributed by atoms with Gasteiger partial charge < -0.3 is 9.88 Å². The lowest BCUT2D eigenvalue weighted by Gasteiger charge is -2.13. The third-order valence-corrected chi connectivity index (χ3v) is 4.42. The van der Waals surface area contributed by atoms with Gasteiger partial charge in [-0.15, -0.1) is 11.3 Å². The number of hydrogen-bond acceptors (Lipinski definition) is 5. The Balaban J connectivity index is 1.58. The Morgan fingerprint density at radius 2 is 2.35 bits per heavy atom. The maximum atomic E-state index is 4.56. The molecule has 2 aromatic heterocycles. The molecule has 0 radical (unpaired) electrons. The number of rotatable bonds is 5. The number of likely N-dealkylation sites (tertiary alicyclic amines) is 1. The smallest absolute Gasteiger partial charge is 0.110 e. The van der Waals surface area contributed by atoms with E-state index in [1.807, 2.05) is 17.9 Å². The Kier molecular flexibility index (Phi) is 4.14. The van der Waals surface area contributed by atoms with Crippen molar-refractivity contribution in [3.05, 3.63) is 34.3 Å². The van der Waals surface area contributed by atoms with Crippen molar-refractivity contribution in [2.24, 2.45) is 0 Å². The summed E-state index contributed by atoms with van der Waals surface area (Å²) in [4.78, 5) is 18.2. The van der Waals surface area contributed by atoms with Crippen LogP contribution in [0.2, 0.25) is 0 Å². The first kappa shape index (κ1) is 13.7. The average molecular weight is 291 g/mol. The molecule has 0 bridgehead atoms. The summed E-state index contributed by atoms with van der Waals surface area (Å²) in [5.74, 6) is 1.69. The summed E-state index contributed by atoms with van der Waals surface area (Å²) in [5.41, 5.74) is 3.11. The van der Waals surface area contributed by atoms with Crippen LogP contribution < -0.4 is 0 Å². The number of thiazole rings is 1. The van der Waals surface area contributed by atoms with Crippen LogP contribution in [-0.2, 0) is 13.1 Å². The normalized spacial score (nSPS) is 20.1. The molecule has 108 valence electrons. The molecular weight excluding hydrogens is 270 g/mol. The molecule has 2 aromatic rings. The second kappa shape index (κ2) is 6.03. The predicted octanol–water partition coefficient (Wildman–Crippen LogP) is 1.92. The van der Waals surface area contributed by atoms with Gasteiger partial charge in [0.15, 0.2) is 0 Å². The molecule has 1 atom stereocenters. The van der Waals surface area contributed by atoms with E-state index in [1.165, 1.54) is 17.0 Å². The van der Waals surface area contributed by atoms with Gasteiger partial charge in [0, 0.05) is 48.5 Å². The van der Waals surface area contributed by atoms with Crippen molar-refractivity contribution in [1.82, 2.24) is 24.8 Å². The molecule has 0 aliphatic carbocycles. The molecule has 0 aromatic carbocycles. The molecule has 1 aliphatic rings. The molecule has 0 spiro atoms. The van der Waals surface area contributed by atoms with Gasteiger partial charge in [-0.2, -0.15) is 0 Å². The molecule has 1 N–H and O–H groups in total. The summed E-state index contributed by atoms with van der Waals surface area (Å²) in [6, 6.07) is 0. The van der Waals surface area contributed by atoms with Crippen LogP contribution in [0.3, 0.4) is 0 Å². The minimum absolute atomic E-state index is 0.541. The largest absolute Gasteiger partial charge is 0.345 e. The molecular formula is C14H21N5S. The number of aromatic amines is 1. The molecule has 3 rings (SSSR count). The highest BCUT2D eigenvalue weighted by Gasteiger charge is 2.26. The van der Waals surface area contributed by atoms with Crippen LogP contribution in [-0.4, -0.2) is 51.9 Å². The lowest BCUT2D eigenvalue weighted by Crippen LogP contribution is -2.19. The van der Waals surface area contributed by atoms with Crippen LogP contribution in [0.4, 0.5) is 0 Å². The first-order valence-electron chi connectivity index (χ1n) is 6.99. The number of H-pyrrole nitrogens is 1. The van der Waals surface area contributed by atoms with Crippen molar-refractivity contribution in [2.45, 2.75) is 25.4 Å². The van der Waals surface area contributed by atoms with Crippen LogP contribution >= 0.6 is 11.3 Å². The molecule has 5 nitrogen and oxygen atoms in total. The third-order valence-electron chi connectivity index (χ3n) is 3.66. The van der Waals surface area contributed by atoms with Gasteiger partial charge in [-0.3, -0.25) is 9.88 Å². The number of imidazole rings is 1. The maximum absolute atomic E-state index is 4.56. The summed E-state index contributed by atoms with van der Waals surface area (Å²) < 4.78 is 0. The van der Waals surface area contributed by atoms with Gasteiger partial charge in [0.05, 0.1) is 5.51 Å². The van der Waals surface area contributed by atoms with Crippen LogP contribution in [0, 0.1) is 0 Å². The second-order valence-electron chi connectivity index (χ2n) is 5.72. The highest BCUT2D eigenvalue weighted by Crippen LogP contribution is 2.26. The van der Waals surface area contributed by atoms with E-state index in [0.29, 0.717) is 5.92 Å². The van der Waals surface area contributed by atoms with Gasteiger partial charge in [-0.25, -0.2) is 4.98 Å². The van der Waals surface area contributed by atoms with E-state index in [-0.39, 0.29) is 0 Å². The van der Waals surface area contributed by atoms with E-state index in [2.05, 4.69) is 38.8 Å². The SMILES string of the molecule is CN(C)Cc1cnc([C@@H]2CCN(Cc3cncs3)C2)[nH]1. The molecule has 1 aliphatic heterocycles. The van der Waals surface area contributed by atoms with E-state index < -0.39 is 0 Å². The highest BCUT2D eigenvalue weighted by molar-refractivity contribution is 7.09. The monoisotopic (exact) mass is 291 g/mol. The lowest BCUT2D eigenvalue weighted by atomic mass is 10.1. The van der Waals surface area contributed by atoms with Gasteiger partial charge in [-0.1, -0.05) is 0 Å². The van der Waals surface area contributed by atoms with Gasteiger partial charge >= 0.3 is 0 Å². The molecule has 1 saturated heterocycles. The minimum atomic E-state index is 0.541. The molecule has 0 saturated carbocycles. The minimum Gasteiger partial charge on any atom is -0.345 e. The van der Waals surface area contributed by atoms with Crippen molar-refractivity contribution in [3.8, 4) is 0 Å². The maximum Gasteiger partial charge on any atom is 0.110 e. The van der Waals surface area contributed by atoms with Crippen molar-refractivity contribution in [1.29, 1.82) is 0 Å². The highest BCUT2D eigenvalue weighted by atomic mass is 32.1. The fourth-order valence-electron chi connectivity index (χ4n) is 2.75. The molecule has 0 unspecified atom stereocenters. The summed E-state index contributed by atoms with van der Waals surface area (Å²) >= 11 is 1.74. The van der Waals surface area contributed by atoms with Gasteiger partial charge in [0.1, 0.15) is 5.82 Å². The van der Waals surface area contributed by atoms with Crippen LogP contribution in [0.5, 0.6) is 0 Å². The van der Waals surface area contributed by atoms with E-state index >= 15 is 0 Å². The number of hydrogen-bond donors (Lipinski definition) is 1. The zero-order valence-corrected chi connectivity index (χ0v) is 12.9. The summed E-state index contributed by atoms with van der Waals surface area (Å²) in [7, 11) is 4.15. The zero-order chi connectivity index (χ0) is 13.9. The molecule has 20 heavy (non-hydrogen) atoms. The summed E-state index contributed by atoms with van der Waals surface area (Å²) in [6.07, 6.45) is 5.13. The van der Waals surface area contributed by atoms with Gasteiger partial charge in [0.2, 0.25) is 0 Å². The van der Waals surface area contributed by atoms with Gasteiger partial charge in [0.25, 0.3) is 0 Å². The van der Waals surface area contributed by atoms with E-state index in [9.17, 15) is 0 Å². The Hall–Kier alpha value is -1.24. The first-order valence-corrected chi connectivity index (χ1v) is 7.87. The fraction of sp³-hybridized carbons (Fsp3) is 0.571. The summed E-state index contributed by atoms with van der Waals surface area (Å²) in [5, 5.41) is 0. The fourth-order valence-corrected chi connectivity index (χ4v) is 3.38. The Labute approximate surface area is 123 Å². The Bertz CT molecular complexity index is 534. The van der Waals surface area contributed by atoms with Gasteiger partial charge in [-0.05, 0) is 27.1 Å². The third kappa shape index (κ3) is 3.26. The Morgan fingerprint density at radius 3 is 3.10 bits per heavy atom. The zero-order valence-electron chi connectivity index (χ0n) is 12.0. The van der Waals surface area contributed by atoms with Crippen molar-refractivity contribution >= 4 is 11.3 Å². The number of aromatic nitrogens is 3. The standard InChI is InChI=1S/C14H21N5S/c1-18(2)8-12-5-16-14(17-12)11-3-4-19(7-11)9-13-6-15-10-20-13/h5-6,10-11H,3-4,7-9H2,1-2H3,(H,16,17)/t11-/m1/s1. The second-order valence-corrected chi connectivity index (χ2v) is 6.69. The van der Waals surface area contributed by atoms with E-state index in [4.69, 9.17) is 0 Å². The molecule has 0 amide bonds. The van der Waals surface area contributed by atoms with E-state index in [1.54, 1.807) is 11.3 Å². The quantitative estimate of drug-likeness (QED) is 0.914. The molecule has 1 fully saturated rings. The van der Waals surface area contributed by atoms with Crippen LogP contribution in [0.25, 0.3) is 0 Å². The van der Waals surface area contributed by atoms with Crippen molar-refractivity contribution in [3.63, 3.8) is 0 Å². The van der Waals surface area contributed by atoms with Crippen LogP contribution in [0.1, 0.15) is 28.7 Å². The Morgan fingerprint density at radius 1 is 1.45 bits per heavy atom. The molecule has 6 heteroatoms. The summed E-state index contributed by atoms with van der Waals surface area (Å²) in [6.45, 7) is 4.18. The topological polar surface area (TPSA) is 48.1 Å². The average Bonchev–Trinajstić information content (AvgIpc) is 3.09. The van der Waals surface area contributed by atoms with Crippen molar-refractivity contribution < 1.29 is 0 Å². The number of nitrogens with zero attached hydrogens (tertiary/aromatic N) is 4. The number of nitrogens with one attached hydrogen (secondary N) is 1. The lowest BCUT2D eigenvalue weighted by molar-refractivity contribution is 0.328. The first-order chi connectivity index (χ1) is 9.70.